The van der Waals surface area contributed by atoms with Gasteiger partial charge >= 0.3 is 0 Å². The average molecular weight is 138 g/mol. The summed E-state index contributed by atoms with van der Waals surface area (Å²) in [7, 11) is 0. The SMILES string of the molecule is C=CC(=O)C(=O)NCC#N. The Kier molecular flexibility index (Phi) is 3.57. The van der Waals surface area contributed by atoms with Crippen molar-refractivity contribution < 1.29 is 9.59 Å². The van der Waals surface area contributed by atoms with Gasteiger partial charge in [0, 0.05) is 0 Å². The second-order valence-corrected chi connectivity index (χ2v) is 1.41. The Balaban J connectivity index is 3.76. The number of amides is 1. The third-order valence-electron chi connectivity index (χ3n) is 0.737. The van der Waals surface area contributed by atoms with Crippen molar-refractivity contribution in [3.8, 4) is 6.07 Å². The summed E-state index contributed by atoms with van der Waals surface area (Å²) in [5.41, 5.74) is 0. The first-order valence-electron chi connectivity index (χ1n) is 2.54. The minimum atomic E-state index is -0.795. The first kappa shape index (κ1) is 8.37. The molecule has 0 saturated carbocycles. The standard InChI is InChI=1S/C6H6N2O2/c1-2-5(9)6(10)8-4-3-7/h2H,1,4H2,(H,8,10). The number of nitriles is 1. The highest BCUT2D eigenvalue weighted by Crippen LogP contribution is 1.71. The maximum absolute atomic E-state index is 10.4. The van der Waals surface area contributed by atoms with Gasteiger partial charge in [0.05, 0.1) is 6.07 Å². The molecule has 4 nitrogen and oxygen atoms in total. The predicted molar refractivity (Wildman–Crippen MR) is 33.8 cm³/mol. The van der Waals surface area contributed by atoms with Gasteiger partial charge < -0.3 is 5.32 Å². The lowest BCUT2D eigenvalue weighted by atomic mass is 10.4. The van der Waals surface area contributed by atoms with Gasteiger partial charge in [0.25, 0.3) is 5.91 Å². The van der Waals surface area contributed by atoms with E-state index in [4.69, 9.17) is 5.26 Å². The molecule has 0 saturated heterocycles. The van der Waals surface area contributed by atoms with Gasteiger partial charge in [-0.15, -0.1) is 0 Å². The van der Waals surface area contributed by atoms with Gasteiger partial charge in [-0.1, -0.05) is 6.58 Å². The molecule has 0 unspecified atom stereocenters. The lowest BCUT2D eigenvalue weighted by Gasteiger charge is -1.92. The molecule has 0 heterocycles. The minimum Gasteiger partial charge on any atom is -0.336 e. The van der Waals surface area contributed by atoms with Gasteiger partial charge in [-0.25, -0.2) is 0 Å². The molecule has 4 heteroatoms. The summed E-state index contributed by atoms with van der Waals surface area (Å²) < 4.78 is 0. The van der Waals surface area contributed by atoms with Crippen LogP contribution in [0.25, 0.3) is 0 Å². The van der Waals surface area contributed by atoms with Gasteiger partial charge in [-0.2, -0.15) is 5.26 Å². The maximum Gasteiger partial charge on any atom is 0.292 e. The molecule has 0 radical (unpaired) electrons. The second kappa shape index (κ2) is 4.27. The number of nitrogens with zero attached hydrogens (tertiary/aromatic N) is 1. The van der Waals surface area contributed by atoms with Crippen molar-refractivity contribution in [1.82, 2.24) is 5.32 Å². The number of carbonyl (C=O) groups is 2. The summed E-state index contributed by atoms with van der Waals surface area (Å²) in [5, 5.41) is 10.0. The smallest absolute Gasteiger partial charge is 0.292 e. The van der Waals surface area contributed by atoms with Crippen LogP contribution in [-0.2, 0) is 9.59 Å². The molecule has 10 heavy (non-hydrogen) atoms. The molecular formula is C6H6N2O2. The van der Waals surface area contributed by atoms with Gasteiger partial charge in [-0.3, -0.25) is 9.59 Å². The van der Waals surface area contributed by atoms with Crippen molar-refractivity contribution in [2.45, 2.75) is 0 Å². The molecular weight excluding hydrogens is 132 g/mol. The van der Waals surface area contributed by atoms with E-state index in [-0.39, 0.29) is 6.54 Å². The van der Waals surface area contributed by atoms with Gasteiger partial charge in [0.1, 0.15) is 6.54 Å². The Morgan fingerprint density at radius 1 is 1.70 bits per heavy atom. The lowest BCUT2D eigenvalue weighted by molar-refractivity contribution is -0.135. The molecule has 0 bridgehead atoms. The average Bonchev–Trinajstić information content (AvgIpc) is 1.98. The van der Waals surface area contributed by atoms with Crippen LogP contribution in [0.2, 0.25) is 0 Å². The monoisotopic (exact) mass is 138 g/mol. The van der Waals surface area contributed by atoms with Crippen LogP contribution in [0, 0.1) is 11.3 Å². The minimum absolute atomic E-state index is 0.154. The van der Waals surface area contributed by atoms with Crippen LogP contribution in [-0.4, -0.2) is 18.2 Å². The molecule has 0 aliphatic rings. The van der Waals surface area contributed by atoms with Gasteiger partial charge in [0.15, 0.2) is 0 Å². The van der Waals surface area contributed by atoms with E-state index in [1.165, 1.54) is 0 Å². The van der Waals surface area contributed by atoms with Crippen molar-refractivity contribution in [2.75, 3.05) is 6.54 Å². The lowest BCUT2D eigenvalue weighted by Crippen LogP contribution is -2.29. The zero-order valence-electron chi connectivity index (χ0n) is 5.26. The highest BCUT2D eigenvalue weighted by molar-refractivity contribution is 6.40. The molecule has 1 N–H and O–H groups in total. The maximum atomic E-state index is 10.4. The molecule has 0 aromatic rings. The van der Waals surface area contributed by atoms with E-state index in [0.29, 0.717) is 0 Å². The van der Waals surface area contributed by atoms with E-state index in [2.05, 4.69) is 11.9 Å². The molecule has 0 aliphatic carbocycles. The van der Waals surface area contributed by atoms with Crippen molar-refractivity contribution in [2.24, 2.45) is 0 Å². The Morgan fingerprint density at radius 2 is 2.30 bits per heavy atom. The highest BCUT2D eigenvalue weighted by Gasteiger charge is 2.06. The topological polar surface area (TPSA) is 70.0 Å². The fourth-order valence-electron chi connectivity index (χ4n) is 0.300. The molecule has 1 amide bonds. The largest absolute Gasteiger partial charge is 0.336 e. The van der Waals surface area contributed by atoms with E-state index in [9.17, 15) is 9.59 Å². The van der Waals surface area contributed by atoms with E-state index in [0.717, 1.165) is 6.08 Å². The van der Waals surface area contributed by atoms with Crippen LogP contribution >= 0.6 is 0 Å². The van der Waals surface area contributed by atoms with Crippen LogP contribution in [0.3, 0.4) is 0 Å². The zero-order valence-corrected chi connectivity index (χ0v) is 5.26. The van der Waals surface area contributed by atoms with Crippen molar-refractivity contribution in [3.05, 3.63) is 12.7 Å². The molecule has 0 atom stereocenters. The quantitative estimate of drug-likeness (QED) is 0.321. The Bertz CT molecular complexity index is 202. The predicted octanol–water partition coefficient (Wildman–Crippen LogP) is -0.619. The number of carbonyl (C=O) groups excluding carboxylic acids is 2. The Morgan fingerprint density at radius 3 is 2.70 bits per heavy atom. The fourth-order valence-corrected chi connectivity index (χ4v) is 0.300. The van der Waals surface area contributed by atoms with E-state index < -0.39 is 11.7 Å². The Hall–Kier alpha value is -1.63. The van der Waals surface area contributed by atoms with Crippen molar-refractivity contribution >= 4 is 11.7 Å². The molecule has 0 spiro atoms. The number of ketones is 1. The van der Waals surface area contributed by atoms with Gasteiger partial charge in [0.2, 0.25) is 5.78 Å². The summed E-state index contributed by atoms with van der Waals surface area (Å²) >= 11 is 0. The summed E-state index contributed by atoms with van der Waals surface area (Å²) in [5.74, 6) is -1.52. The van der Waals surface area contributed by atoms with E-state index in [1.807, 2.05) is 0 Å². The number of hydrogen-bond acceptors (Lipinski definition) is 3. The Labute approximate surface area is 58.1 Å². The fraction of sp³-hybridized carbons (Fsp3) is 0.167. The number of hydrogen-bond donors (Lipinski definition) is 1. The first-order chi connectivity index (χ1) is 4.72. The van der Waals surface area contributed by atoms with Crippen LogP contribution in [0.1, 0.15) is 0 Å². The molecule has 0 fully saturated rings. The van der Waals surface area contributed by atoms with E-state index >= 15 is 0 Å². The number of nitrogens with one attached hydrogen (secondary N) is 1. The normalized spacial score (nSPS) is 7.50. The van der Waals surface area contributed by atoms with E-state index in [1.54, 1.807) is 6.07 Å². The first-order valence-corrected chi connectivity index (χ1v) is 2.54. The van der Waals surface area contributed by atoms with Crippen LogP contribution in [0.4, 0.5) is 0 Å². The summed E-state index contributed by atoms with van der Waals surface area (Å²) in [6, 6.07) is 1.66. The highest BCUT2D eigenvalue weighted by atomic mass is 16.2. The molecule has 0 aromatic carbocycles. The van der Waals surface area contributed by atoms with Crippen molar-refractivity contribution in [1.29, 1.82) is 5.26 Å². The molecule has 0 aromatic heterocycles. The third kappa shape index (κ3) is 2.62. The van der Waals surface area contributed by atoms with Crippen molar-refractivity contribution in [3.63, 3.8) is 0 Å². The third-order valence-corrected chi connectivity index (χ3v) is 0.737. The number of rotatable bonds is 3. The second-order valence-electron chi connectivity index (χ2n) is 1.41. The zero-order chi connectivity index (χ0) is 7.98. The molecule has 0 aliphatic heterocycles. The van der Waals surface area contributed by atoms with Crippen LogP contribution < -0.4 is 5.32 Å². The van der Waals surface area contributed by atoms with Crippen LogP contribution in [0.5, 0.6) is 0 Å². The summed E-state index contributed by atoms with van der Waals surface area (Å²) in [4.78, 5) is 20.8. The molecule has 0 rings (SSSR count). The summed E-state index contributed by atoms with van der Waals surface area (Å²) in [6.07, 6.45) is 0.896. The van der Waals surface area contributed by atoms with Gasteiger partial charge in [-0.05, 0) is 6.08 Å². The molecule has 52 valence electrons. The summed E-state index contributed by atoms with van der Waals surface area (Å²) in [6.45, 7) is 2.94. The van der Waals surface area contributed by atoms with Crippen LogP contribution in [0.15, 0.2) is 12.7 Å².